The summed E-state index contributed by atoms with van der Waals surface area (Å²) in [4.78, 5) is 4.45. The van der Waals surface area contributed by atoms with Gasteiger partial charge in [-0.15, -0.1) is 0 Å². The summed E-state index contributed by atoms with van der Waals surface area (Å²) in [5, 5.41) is 3.62. The summed E-state index contributed by atoms with van der Waals surface area (Å²) >= 11 is 0. The minimum atomic E-state index is 0.269. The van der Waals surface area contributed by atoms with Crippen LogP contribution in [0.5, 0.6) is 0 Å². The second-order valence-electron chi connectivity index (χ2n) is 6.69. The first-order chi connectivity index (χ1) is 9.97. The molecule has 0 saturated heterocycles. The van der Waals surface area contributed by atoms with Crippen LogP contribution < -0.4 is 5.32 Å². The number of fused-ring (bicyclic) bond motifs is 1. The molecule has 0 saturated carbocycles. The average molecular weight is 284 g/mol. The van der Waals surface area contributed by atoms with Crippen LogP contribution in [0.3, 0.4) is 0 Å². The summed E-state index contributed by atoms with van der Waals surface area (Å²) in [6, 6.07) is 9.18. The fourth-order valence-corrected chi connectivity index (χ4v) is 3.25. The molecule has 1 aliphatic carbocycles. The number of hydrogen-bond donors (Lipinski definition) is 1. The van der Waals surface area contributed by atoms with Crippen LogP contribution in [0.2, 0.25) is 0 Å². The molecule has 2 aromatic rings. The van der Waals surface area contributed by atoms with E-state index in [-0.39, 0.29) is 5.41 Å². The molecular weight excluding hydrogens is 260 g/mol. The monoisotopic (exact) mass is 284 g/mol. The normalized spacial score (nSPS) is 20.3. The van der Waals surface area contributed by atoms with Crippen molar-refractivity contribution in [2.45, 2.75) is 58.5 Å². The Kier molecular flexibility index (Phi) is 3.62. The van der Waals surface area contributed by atoms with Crippen molar-refractivity contribution in [1.82, 2.24) is 10.3 Å². The molecule has 3 nitrogen and oxygen atoms in total. The third-order valence-electron chi connectivity index (χ3n) is 4.70. The number of oxazole rings is 1. The van der Waals surface area contributed by atoms with E-state index in [9.17, 15) is 0 Å². The molecule has 1 unspecified atom stereocenters. The molecule has 1 aromatic carbocycles. The highest BCUT2D eigenvalue weighted by Gasteiger charge is 2.32. The number of hydrogen-bond acceptors (Lipinski definition) is 3. The van der Waals surface area contributed by atoms with Crippen LogP contribution in [0.25, 0.3) is 0 Å². The zero-order chi connectivity index (χ0) is 15.0. The lowest BCUT2D eigenvalue weighted by molar-refractivity contribution is 0.343. The van der Waals surface area contributed by atoms with Crippen molar-refractivity contribution in [3.63, 3.8) is 0 Å². The van der Waals surface area contributed by atoms with Gasteiger partial charge in [0.1, 0.15) is 5.76 Å². The average Bonchev–Trinajstić information content (AvgIpc) is 2.77. The number of rotatable bonds is 3. The van der Waals surface area contributed by atoms with Crippen LogP contribution in [0.4, 0.5) is 0 Å². The van der Waals surface area contributed by atoms with E-state index in [0.29, 0.717) is 12.6 Å². The molecule has 3 rings (SSSR count). The molecule has 3 heteroatoms. The van der Waals surface area contributed by atoms with Crippen molar-refractivity contribution in [3.8, 4) is 0 Å². The fraction of sp³-hybridized carbons (Fsp3) is 0.500. The Morgan fingerprint density at radius 2 is 2.05 bits per heavy atom. The Hall–Kier alpha value is -1.61. The number of nitrogens with one attached hydrogen (secondary N) is 1. The van der Waals surface area contributed by atoms with Gasteiger partial charge in [-0.3, -0.25) is 0 Å². The van der Waals surface area contributed by atoms with Crippen molar-refractivity contribution in [1.29, 1.82) is 0 Å². The molecule has 0 radical (unpaired) electrons. The summed E-state index contributed by atoms with van der Waals surface area (Å²) < 4.78 is 5.66. The SMILES string of the molecule is Cc1nc(CNC2CCC(C)(C)c3ccccc32)oc1C. The van der Waals surface area contributed by atoms with E-state index >= 15 is 0 Å². The van der Waals surface area contributed by atoms with Gasteiger partial charge in [-0.05, 0) is 43.2 Å². The summed E-state index contributed by atoms with van der Waals surface area (Å²) in [7, 11) is 0. The molecular formula is C18H24N2O. The maximum atomic E-state index is 5.66. The van der Waals surface area contributed by atoms with Crippen LogP contribution >= 0.6 is 0 Å². The minimum absolute atomic E-state index is 0.269. The van der Waals surface area contributed by atoms with Gasteiger partial charge in [0.05, 0.1) is 12.2 Å². The lowest BCUT2D eigenvalue weighted by Crippen LogP contribution is -2.32. The van der Waals surface area contributed by atoms with Gasteiger partial charge in [0, 0.05) is 6.04 Å². The van der Waals surface area contributed by atoms with Crippen molar-refractivity contribution in [3.05, 3.63) is 52.7 Å². The second kappa shape index (κ2) is 5.30. The smallest absolute Gasteiger partial charge is 0.208 e. The van der Waals surface area contributed by atoms with Gasteiger partial charge < -0.3 is 9.73 Å². The third kappa shape index (κ3) is 2.75. The van der Waals surface area contributed by atoms with Crippen LogP contribution in [0, 0.1) is 13.8 Å². The molecule has 0 spiro atoms. The van der Waals surface area contributed by atoms with Gasteiger partial charge in [-0.1, -0.05) is 38.1 Å². The summed E-state index contributed by atoms with van der Waals surface area (Å²) in [6.07, 6.45) is 2.36. The van der Waals surface area contributed by atoms with Crippen molar-refractivity contribution in [2.75, 3.05) is 0 Å². The first-order valence-corrected chi connectivity index (χ1v) is 7.73. The van der Waals surface area contributed by atoms with Crippen molar-refractivity contribution < 1.29 is 4.42 Å². The second-order valence-corrected chi connectivity index (χ2v) is 6.69. The predicted octanol–water partition coefficient (Wildman–Crippen LogP) is 4.19. The van der Waals surface area contributed by atoms with Crippen LogP contribution in [0.15, 0.2) is 28.7 Å². The molecule has 1 aliphatic rings. The van der Waals surface area contributed by atoms with Crippen LogP contribution in [-0.2, 0) is 12.0 Å². The predicted molar refractivity (Wildman–Crippen MR) is 84.3 cm³/mol. The Morgan fingerprint density at radius 3 is 2.76 bits per heavy atom. The largest absolute Gasteiger partial charge is 0.444 e. The Balaban J connectivity index is 1.78. The van der Waals surface area contributed by atoms with E-state index in [1.165, 1.54) is 17.5 Å². The zero-order valence-electron chi connectivity index (χ0n) is 13.4. The summed E-state index contributed by atoms with van der Waals surface area (Å²) in [6.45, 7) is 9.31. The minimum Gasteiger partial charge on any atom is -0.444 e. The van der Waals surface area contributed by atoms with Gasteiger partial charge in [0.15, 0.2) is 0 Å². The standard InChI is InChI=1S/C18H24N2O/c1-12-13(2)21-17(20-12)11-19-16-9-10-18(3,4)15-8-6-5-7-14(15)16/h5-8,16,19H,9-11H2,1-4H3. The number of aromatic nitrogens is 1. The summed E-state index contributed by atoms with van der Waals surface area (Å²) in [5.74, 6) is 1.70. The van der Waals surface area contributed by atoms with Crippen LogP contribution in [-0.4, -0.2) is 4.98 Å². The number of nitrogens with zero attached hydrogens (tertiary/aromatic N) is 1. The Bertz CT molecular complexity index is 623. The quantitative estimate of drug-likeness (QED) is 0.918. The zero-order valence-corrected chi connectivity index (χ0v) is 13.4. The van der Waals surface area contributed by atoms with E-state index in [1.807, 2.05) is 13.8 Å². The highest BCUT2D eigenvalue weighted by Crippen LogP contribution is 2.41. The molecule has 112 valence electrons. The van der Waals surface area contributed by atoms with E-state index in [2.05, 4.69) is 48.4 Å². The Morgan fingerprint density at radius 1 is 1.29 bits per heavy atom. The van der Waals surface area contributed by atoms with Gasteiger partial charge in [0.2, 0.25) is 5.89 Å². The molecule has 0 bridgehead atoms. The van der Waals surface area contributed by atoms with Gasteiger partial charge in [0.25, 0.3) is 0 Å². The Labute approximate surface area is 126 Å². The van der Waals surface area contributed by atoms with E-state index in [0.717, 1.165) is 23.8 Å². The molecule has 1 N–H and O–H groups in total. The van der Waals surface area contributed by atoms with E-state index in [4.69, 9.17) is 4.42 Å². The topological polar surface area (TPSA) is 38.1 Å². The van der Waals surface area contributed by atoms with E-state index in [1.54, 1.807) is 0 Å². The lowest BCUT2D eigenvalue weighted by Gasteiger charge is -2.37. The highest BCUT2D eigenvalue weighted by molar-refractivity contribution is 5.38. The molecule has 0 fully saturated rings. The molecule has 1 heterocycles. The molecule has 21 heavy (non-hydrogen) atoms. The lowest BCUT2D eigenvalue weighted by atomic mass is 9.71. The highest BCUT2D eigenvalue weighted by atomic mass is 16.4. The molecule has 0 aliphatic heterocycles. The fourth-order valence-electron chi connectivity index (χ4n) is 3.25. The number of benzene rings is 1. The maximum absolute atomic E-state index is 5.66. The molecule has 1 aromatic heterocycles. The van der Waals surface area contributed by atoms with Crippen molar-refractivity contribution in [2.24, 2.45) is 0 Å². The molecule has 0 amide bonds. The van der Waals surface area contributed by atoms with E-state index < -0.39 is 0 Å². The third-order valence-corrected chi connectivity index (χ3v) is 4.70. The van der Waals surface area contributed by atoms with Gasteiger partial charge in [-0.2, -0.15) is 0 Å². The number of aryl methyl sites for hydroxylation is 2. The summed E-state index contributed by atoms with van der Waals surface area (Å²) in [5.41, 5.74) is 4.14. The van der Waals surface area contributed by atoms with Gasteiger partial charge in [-0.25, -0.2) is 4.98 Å². The van der Waals surface area contributed by atoms with Crippen LogP contribution in [0.1, 0.15) is 61.2 Å². The first kappa shape index (κ1) is 14.3. The van der Waals surface area contributed by atoms with Gasteiger partial charge >= 0.3 is 0 Å². The first-order valence-electron chi connectivity index (χ1n) is 7.73. The maximum Gasteiger partial charge on any atom is 0.208 e. The molecule has 1 atom stereocenters. The van der Waals surface area contributed by atoms with Crippen molar-refractivity contribution >= 4 is 0 Å².